The molecule has 0 amide bonds. The number of fused-ring (bicyclic) bond motifs is 1. The van der Waals surface area contributed by atoms with Gasteiger partial charge in [-0.25, -0.2) is 0 Å². The molecule has 0 aromatic heterocycles. The number of rotatable bonds is 0. The summed E-state index contributed by atoms with van der Waals surface area (Å²) in [6, 6.07) is 6.21. The van der Waals surface area contributed by atoms with Crippen molar-refractivity contribution in [2.24, 2.45) is 0 Å². The zero-order chi connectivity index (χ0) is 6.97. The van der Waals surface area contributed by atoms with Gasteiger partial charge in [-0.1, -0.05) is 35.0 Å². The largest absolute Gasteiger partial charge is 0.158 e. The van der Waals surface area contributed by atoms with Crippen LogP contribution in [0.5, 0.6) is 0 Å². The fraction of sp³-hybridized carbons (Fsp3) is 0.250. The van der Waals surface area contributed by atoms with Crippen molar-refractivity contribution in [1.29, 1.82) is 0 Å². The van der Waals surface area contributed by atoms with Crippen LogP contribution >= 0.6 is 11.6 Å². The van der Waals surface area contributed by atoms with Crippen LogP contribution in [0.15, 0.2) is 18.2 Å². The third-order valence-corrected chi connectivity index (χ3v) is 2.30. The molecule has 50 valence electrons. The Balaban J connectivity index is 2.52. The van der Waals surface area contributed by atoms with Crippen molar-refractivity contribution < 1.29 is 0 Å². The molecule has 0 bridgehead atoms. The molecule has 1 aromatic carbocycles. The van der Waals surface area contributed by atoms with Gasteiger partial charge in [-0.05, 0) is 18.6 Å². The minimum absolute atomic E-state index is 0.876. The average Bonchev–Trinajstić information content (AvgIpc) is 2.33. The molecule has 10 heavy (non-hydrogen) atoms. The van der Waals surface area contributed by atoms with Gasteiger partial charge in [-0.15, -0.1) is 0 Å². The Hall–Kier alpha value is -0.425. The Morgan fingerprint density at radius 1 is 1.40 bits per heavy atom. The molecular weight excluding hydrogens is 142 g/mol. The molecule has 1 heterocycles. The van der Waals surface area contributed by atoms with E-state index < -0.39 is 0 Å². The van der Waals surface area contributed by atoms with Gasteiger partial charge in [0.25, 0.3) is 0 Å². The lowest BCUT2D eigenvalue weighted by atomic mass is 9.72. The summed E-state index contributed by atoms with van der Waals surface area (Å²) in [5.74, 6) is 0. The van der Waals surface area contributed by atoms with Crippen molar-refractivity contribution in [3.63, 3.8) is 0 Å². The summed E-state index contributed by atoms with van der Waals surface area (Å²) in [5, 5.41) is 0.876. The van der Waals surface area contributed by atoms with E-state index in [4.69, 9.17) is 11.6 Å². The summed E-state index contributed by atoms with van der Waals surface area (Å²) in [5.41, 5.74) is 2.94. The number of hydrogen-bond acceptors (Lipinski definition) is 0. The molecule has 0 atom stereocenters. The second-order valence-electron chi connectivity index (χ2n) is 2.77. The fourth-order valence-electron chi connectivity index (χ4n) is 1.54. The molecule has 0 unspecified atom stereocenters. The second-order valence-corrected chi connectivity index (χ2v) is 3.20. The van der Waals surface area contributed by atoms with Crippen LogP contribution in [0.1, 0.15) is 5.56 Å². The van der Waals surface area contributed by atoms with Gasteiger partial charge < -0.3 is 0 Å². The van der Waals surface area contributed by atoms with E-state index in [1.807, 2.05) is 6.07 Å². The first-order valence-electron chi connectivity index (χ1n) is 3.63. The molecule has 0 saturated heterocycles. The summed E-state index contributed by atoms with van der Waals surface area (Å²) in [7, 11) is 1.22. The van der Waals surface area contributed by atoms with Gasteiger partial charge in [0.15, 0.2) is 7.28 Å². The van der Waals surface area contributed by atoms with E-state index in [9.17, 15) is 0 Å². The lowest BCUT2D eigenvalue weighted by Gasteiger charge is -1.96. The van der Waals surface area contributed by atoms with E-state index in [-0.39, 0.29) is 0 Å². The van der Waals surface area contributed by atoms with Gasteiger partial charge in [-0.2, -0.15) is 0 Å². The van der Waals surface area contributed by atoms with Crippen molar-refractivity contribution in [3.8, 4) is 0 Å². The first-order valence-corrected chi connectivity index (χ1v) is 4.01. The summed E-state index contributed by atoms with van der Waals surface area (Å²) < 4.78 is 0. The Labute approximate surface area is 66.4 Å². The van der Waals surface area contributed by atoms with Crippen LogP contribution in [-0.4, -0.2) is 7.28 Å². The highest BCUT2D eigenvalue weighted by molar-refractivity contribution is 6.56. The monoisotopic (exact) mass is 150 g/mol. The van der Waals surface area contributed by atoms with Crippen LogP contribution in [0.25, 0.3) is 0 Å². The Kier molecular flexibility index (Phi) is 1.46. The molecule has 0 spiro atoms. The third-order valence-electron chi connectivity index (χ3n) is 2.06. The SMILES string of the molecule is Clc1ccc2c(c1)BCC2. The molecule has 0 nitrogen and oxygen atoms in total. The molecular formula is C8H8BCl. The molecule has 0 aliphatic carbocycles. The van der Waals surface area contributed by atoms with Gasteiger partial charge in [0.05, 0.1) is 0 Å². The van der Waals surface area contributed by atoms with E-state index >= 15 is 0 Å². The topological polar surface area (TPSA) is 0 Å². The smallest absolute Gasteiger partial charge is 0.0844 e. The summed E-state index contributed by atoms with van der Waals surface area (Å²) in [6.07, 6.45) is 2.54. The van der Waals surface area contributed by atoms with Gasteiger partial charge >= 0.3 is 0 Å². The van der Waals surface area contributed by atoms with Crippen LogP contribution in [0, 0.1) is 0 Å². The van der Waals surface area contributed by atoms with Gasteiger partial charge in [0, 0.05) is 5.02 Å². The number of aryl methyl sites for hydroxylation is 1. The highest BCUT2D eigenvalue weighted by Gasteiger charge is 2.10. The van der Waals surface area contributed by atoms with Crippen LogP contribution in [0.2, 0.25) is 11.3 Å². The second kappa shape index (κ2) is 2.32. The normalized spacial score (nSPS) is 14.5. The van der Waals surface area contributed by atoms with Crippen molar-refractivity contribution in [2.45, 2.75) is 12.7 Å². The quantitative estimate of drug-likeness (QED) is 0.490. The maximum atomic E-state index is 5.82. The molecule has 1 aliphatic heterocycles. The zero-order valence-corrected chi connectivity index (χ0v) is 6.49. The molecule has 0 N–H and O–H groups in total. The van der Waals surface area contributed by atoms with E-state index in [1.165, 1.54) is 31.0 Å². The zero-order valence-electron chi connectivity index (χ0n) is 5.73. The summed E-state index contributed by atoms with van der Waals surface area (Å²) in [6.45, 7) is 0. The van der Waals surface area contributed by atoms with Crippen LogP contribution < -0.4 is 5.46 Å². The number of hydrogen-bond donors (Lipinski definition) is 0. The minimum Gasteiger partial charge on any atom is -0.0844 e. The molecule has 0 fully saturated rings. The van der Waals surface area contributed by atoms with Crippen molar-refractivity contribution in [3.05, 3.63) is 28.8 Å². The Morgan fingerprint density at radius 2 is 2.30 bits per heavy atom. The number of halogens is 1. The van der Waals surface area contributed by atoms with E-state index in [1.54, 1.807) is 0 Å². The van der Waals surface area contributed by atoms with Crippen LogP contribution in [0.4, 0.5) is 0 Å². The molecule has 0 saturated carbocycles. The molecule has 2 rings (SSSR count). The molecule has 1 aliphatic rings. The molecule has 2 heteroatoms. The lowest BCUT2D eigenvalue weighted by molar-refractivity contribution is 1.17. The van der Waals surface area contributed by atoms with Crippen molar-refractivity contribution >= 4 is 24.3 Å². The highest BCUT2D eigenvalue weighted by atomic mass is 35.5. The maximum absolute atomic E-state index is 5.82. The van der Waals surface area contributed by atoms with Gasteiger partial charge in [0.1, 0.15) is 0 Å². The summed E-state index contributed by atoms with van der Waals surface area (Å²) >= 11 is 5.82. The minimum atomic E-state index is 0.876. The first-order chi connectivity index (χ1) is 4.86. The third kappa shape index (κ3) is 0.949. The standard InChI is InChI=1S/C8H8BCl/c10-7-2-1-6-3-4-9-8(6)5-7/h1-2,5,9H,3-4H2. The Morgan fingerprint density at radius 3 is 3.20 bits per heavy atom. The van der Waals surface area contributed by atoms with E-state index in [0.717, 1.165) is 5.02 Å². The van der Waals surface area contributed by atoms with Crippen LogP contribution in [0.3, 0.4) is 0 Å². The lowest BCUT2D eigenvalue weighted by Crippen LogP contribution is -2.09. The average molecular weight is 150 g/mol. The van der Waals surface area contributed by atoms with E-state index in [2.05, 4.69) is 12.1 Å². The number of benzene rings is 1. The molecule has 0 radical (unpaired) electrons. The van der Waals surface area contributed by atoms with Crippen molar-refractivity contribution in [2.75, 3.05) is 0 Å². The van der Waals surface area contributed by atoms with Crippen molar-refractivity contribution in [1.82, 2.24) is 0 Å². The maximum Gasteiger partial charge on any atom is 0.158 e. The van der Waals surface area contributed by atoms with Gasteiger partial charge in [0.2, 0.25) is 0 Å². The predicted molar refractivity (Wildman–Crippen MR) is 46.7 cm³/mol. The fourth-order valence-corrected chi connectivity index (χ4v) is 1.74. The Bertz CT molecular complexity index is 257. The first kappa shape index (κ1) is 6.30. The highest BCUT2D eigenvalue weighted by Crippen LogP contribution is 2.13. The van der Waals surface area contributed by atoms with Crippen LogP contribution in [-0.2, 0) is 6.42 Å². The summed E-state index contributed by atoms with van der Waals surface area (Å²) in [4.78, 5) is 0. The van der Waals surface area contributed by atoms with E-state index in [0.29, 0.717) is 0 Å². The predicted octanol–water partition coefficient (Wildman–Crippen LogP) is 1.38. The molecule has 1 aromatic rings. The van der Waals surface area contributed by atoms with Gasteiger partial charge in [-0.3, -0.25) is 0 Å².